The van der Waals surface area contributed by atoms with Gasteiger partial charge in [-0.3, -0.25) is 4.99 Å². The van der Waals surface area contributed by atoms with E-state index in [1.165, 1.54) is 19.3 Å². The van der Waals surface area contributed by atoms with Crippen molar-refractivity contribution in [3.63, 3.8) is 0 Å². The minimum Gasteiger partial charge on any atom is -0.379 e. The molecule has 2 N–H and O–H groups in total. The van der Waals surface area contributed by atoms with Gasteiger partial charge in [0.25, 0.3) is 0 Å². The van der Waals surface area contributed by atoms with Crippen molar-refractivity contribution >= 4 is 16.9 Å². The molecule has 1 fully saturated rings. The van der Waals surface area contributed by atoms with Crippen LogP contribution in [0.15, 0.2) is 4.99 Å². The zero-order chi connectivity index (χ0) is 11.4. The van der Waals surface area contributed by atoms with Crippen molar-refractivity contribution in [1.29, 1.82) is 0 Å². The predicted octanol–water partition coefficient (Wildman–Crippen LogP) is 1.78. The van der Waals surface area contributed by atoms with Crippen LogP contribution in [-0.2, 0) is 0 Å². The lowest BCUT2D eigenvalue weighted by molar-refractivity contribution is 0.150. The monoisotopic (exact) mass is 229 g/mol. The number of hydrogen-bond donors (Lipinski definition) is 1. The van der Waals surface area contributed by atoms with E-state index in [-0.39, 0.29) is 0 Å². The highest BCUT2D eigenvalue weighted by atomic mass is 32.2. The third-order valence-electron chi connectivity index (χ3n) is 3.38. The van der Waals surface area contributed by atoms with Gasteiger partial charge in [-0.15, -0.1) is 0 Å². The molecule has 1 aliphatic rings. The Bertz CT molecular complexity index is 228. The van der Waals surface area contributed by atoms with Gasteiger partial charge in [-0.1, -0.05) is 18.7 Å². The summed E-state index contributed by atoms with van der Waals surface area (Å²) in [6, 6.07) is 1.07. The van der Waals surface area contributed by atoms with Crippen molar-refractivity contribution < 1.29 is 0 Å². The number of hydrogen-bond acceptors (Lipinski definition) is 3. The molecule has 0 bridgehead atoms. The molecular formula is C11H23N3S. The first-order valence-electron chi connectivity index (χ1n) is 5.60. The normalized spacial score (nSPS) is 33.4. The van der Waals surface area contributed by atoms with Gasteiger partial charge in [0.2, 0.25) is 0 Å². The topological polar surface area (TPSA) is 41.6 Å². The van der Waals surface area contributed by atoms with Crippen LogP contribution in [-0.4, -0.2) is 42.5 Å². The van der Waals surface area contributed by atoms with Gasteiger partial charge in [0.1, 0.15) is 0 Å². The van der Waals surface area contributed by atoms with E-state index in [4.69, 9.17) is 5.73 Å². The molecule has 0 aromatic rings. The SMILES string of the molecule is CSC(N)=NC1CCCC(N(C)C)C1C. The first kappa shape index (κ1) is 12.8. The fourth-order valence-electron chi connectivity index (χ4n) is 2.45. The zero-order valence-electron chi connectivity index (χ0n) is 10.2. The van der Waals surface area contributed by atoms with E-state index < -0.39 is 0 Å². The number of nitrogens with two attached hydrogens (primary N) is 1. The minimum absolute atomic E-state index is 0.415. The van der Waals surface area contributed by atoms with Gasteiger partial charge >= 0.3 is 0 Å². The average Bonchev–Trinajstić information content (AvgIpc) is 2.20. The largest absolute Gasteiger partial charge is 0.379 e. The predicted molar refractivity (Wildman–Crippen MR) is 69.4 cm³/mol. The lowest BCUT2D eigenvalue weighted by Gasteiger charge is -2.38. The molecule has 1 saturated carbocycles. The summed E-state index contributed by atoms with van der Waals surface area (Å²) in [5.41, 5.74) is 5.79. The Morgan fingerprint density at radius 2 is 2.07 bits per heavy atom. The Balaban J connectivity index is 2.66. The van der Waals surface area contributed by atoms with Crippen LogP contribution in [0.2, 0.25) is 0 Å². The quantitative estimate of drug-likeness (QED) is 0.580. The molecule has 0 heterocycles. The Labute approximate surface area is 97.5 Å². The van der Waals surface area contributed by atoms with Gasteiger partial charge in [-0.2, -0.15) is 0 Å². The number of rotatable bonds is 2. The Kier molecular flexibility index (Phi) is 4.93. The first-order chi connectivity index (χ1) is 7.06. The number of aliphatic imine (C=N–C) groups is 1. The van der Waals surface area contributed by atoms with Crippen LogP contribution >= 0.6 is 11.8 Å². The molecule has 3 unspecified atom stereocenters. The molecule has 15 heavy (non-hydrogen) atoms. The summed E-state index contributed by atoms with van der Waals surface area (Å²) in [6.45, 7) is 2.30. The highest BCUT2D eigenvalue weighted by Gasteiger charge is 2.30. The number of thioether (sulfide) groups is 1. The van der Waals surface area contributed by atoms with E-state index in [9.17, 15) is 0 Å². The molecule has 1 rings (SSSR count). The Morgan fingerprint density at radius 1 is 1.40 bits per heavy atom. The van der Waals surface area contributed by atoms with Gasteiger partial charge in [0.15, 0.2) is 5.17 Å². The second-order valence-corrected chi connectivity index (χ2v) is 5.39. The van der Waals surface area contributed by atoms with E-state index in [0.717, 1.165) is 5.17 Å². The summed E-state index contributed by atoms with van der Waals surface area (Å²) in [7, 11) is 4.32. The molecule has 0 aromatic carbocycles. The molecule has 0 amide bonds. The maximum atomic E-state index is 5.79. The van der Waals surface area contributed by atoms with Crippen LogP contribution in [0.3, 0.4) is 0 Å². The smallest absolute Gasteiger partial charge is 0.153 e. The third-order valence-corrected chi connectivity index (χ3v) is 3.90. The summed E-state index contributed by atoms with van der Waals surface area (Å²) in [5, 5.41) is 0.728. The summed E-state index contributed by atoms with van der Waals surface area (Å²) < 4.78 is 0. The van der Waals surface area contributed by atoms with Gasteiger partial charge in [-0.05, 0) is 45.5 Å². The van der Waals surface area contributed by atoms with Crippen molar-refractivity contribution in [2.24, 2.45) is 16.6 Å². The molecular weight excluding hydrogens is 206 g/mol. The maximum absolute atomic E-state index is 5.79. The zero-order valence-corrected chi connectivity index (χ0v) is 11.0. The molecule has 1 aliphatic carbocycles. The number of nitrogens with zero attached hydrogens (tertiary/aromatic N) is 2. The minimum atomic E-state index is 0.415. The van der Waals surface area contributed by atoms with Crippen LogP contribution in [0, 0.1) is 5.92 Å². The van der Waals surface area contributed by atoms with E-state index >= 15 is 0 Å². The van der Waals surface area contributed by atoms with Crippen molar-refractivity contribution in [1.82, 2.24) is 4.90 Å². The van der Waals surface area contributed by atoms with Crippen LogP contribution in [0.25, 0.3) is 0 Å². The van der Waals surface area contributed by atoms with Crippen LogP contribution in [0.5, 0.6) is 0 Å². The summed E-state index contributed by atoms with van der Waals surface area (Å²) >= 11 is 1.54. The molecule has 0 spiro atoms. The second kappa shape index (κ2) is 5.75. The molecule has 0 aromatic heterocycles. The van der Waals surface area contributed by atoms with E-state index in [2.05, 4.69) is 30.9 Å². The molecule has 0 saturated heterocycles. The van der Waals surface area contributed by atoms with Gasteiger partial charge in [-0.25, -0.2) is 0 Å². The average molecular weight is 229 g/mol. The van der Waals surface area contributed by atoms with E-state index in [1.807, 2.05) is 6.26 Å². The van der Waals surface area contributed by atoms with E-state index in [1.54, 1.807) is 11.8 Å². The molecule has 3 nitrogen and oxygen atoms in total. The molecule has 0 aliphatic heterocycles. The van der Waals surface area contributed by atoms with Crippen molar-refractivity contribution in [2.45, 2.75) is 38.3 Å². The maximum Gasteiger partial charge on any atom is 0.153 e. The highest BCUT2D eigenvalue weighted by Crippen LogP contribution is 2.29. The van der Waals surface area contributed by atoms with E-state index in [0.29, 0.717) is 18.0 Å². The standard InChI is InChI=1S/C11H23N3S/c1-8-9(13-11(12)15-4)6-5-7-10(8)14(2)3/h8-10H,5-7H2,1-4H3,(H2,12,13). The Morgan fingerprint density at radius 3 is 2.60 bits per heavy atom. The lowest BCUT2D eigenvalue weighted by atomic mass is 9.81. The molecule has 3 atom stereocenters. The van der Waals surface area contributed by atoms with Gasteiger partial charge in [0, 0.05) is 6.04 Å². The van der Waals surface area contributed by atoms with Crippen molar-refractivity contribution in [3.05, 3.63) is 0 Å². The van der Waals surface area contributed by atoms with Crippen LogP contribution < -0.4 is 5.73 Å². The molecule has 4 heteroatoms. The third kappa shape index (κ3) is 3.38. The second-order valence-electron chi connectivity index (χ2n) is 4.56. The summed E-state index contributed by atoms with van der Waals surface area (Å²) in [5.74, 6) is 0.611. The fraction of sp³-hybridized carbons (Fsp3) is 0.909. The molecule has 0 radical (unpaired) electrons. The Hall–Kier alpha value is -0.220. The summed E-state index contributed by atoms with van der Waals surface area (Å²) in [6.07, 6.45) is 5.73. The summed E-state index contributed by atoms with van der Waals surface area (Å²) in [4.78, 5) is 6.92. The lowest BCUT2D eigenvalue weighted by Crippen LogP contribution is -2.42. The first-order valence-corrected chi connectivity index (χ1v) is 6.82. The molecule has 88 valence electrons. The number of amidine groups is 1. The van der Waals surface area contributed by atoms with Crippen LogP contribution in [0.1, 0.15) is 26.2 Å². The fourth-order valence-corrected chi connectivity index (χ4v) is 2.69. The van der Waals surface area contributed by atoms with Crippen molar-refractivity contribution in [2.75, 3.05) is 20.4 Å². The van der Waals surface area contributed by atoms with Crippen molar-refractivity contribution in [3.8, 4) is 0 Å². The van der Waals surface area contributed by atoms with Gasteiger partial charge < -0.3 is 10.6 Å². The van der Waals surface area contributed by atoms with Gasteiger partial charge in [0.05, 0.1) is 6.04 Å². The highest BCUT2D eigenvalue weighted by molar-refractivity contribution is 8.13. The van der Waals surface area contributed by atoms with Crippen LogP contribution in [0.4, 0.5) is 0 Å².